The molecule has 2 heterocycles. The molecule has 1 aromatic carbocycles. The van der Waals surface area contributed by atoms with Crippen molar-refractivity contribution >= 4 is 17.6 Å². The van der Waals surface area contributed by atoms with E-state index in [4.69, 9.17) is 4.74 Å². The molecule has 1 aliphatic heterocycles. The SMILES string of the molecule is Cc1nc(C(=O)OC(C)C(=O)Nc2ccccc2)c2n1CCCC2. The maximum absolute atomic E-state index is 12.4. The van der Waals surface area contributed by atoms with Crippen LogP contribution in [-0.4, -0.2) is 27.5 Å². The zero-order chi connectivity index (χ0) is 17.1. The van der Waals surface area contributed by atoms with Gasteiger partial charge in [0.2, 0.25) is 0 Å². The Morgan fingerprint density at radius 2 is 2.00 bits per heavy atom. The summed E-state index contributed by atoms with van der Waals surface area (Å²) in [5, 5.41) is 2.72. The molecule has 0 spiro atoms. The molecule has 1 unspecified atom stereocenters. The van der Waals surface area contributed by atoms with E-state index in [1.165, 1.54) is 0 Å². The van der Waals surface area contributed by atoms with E-state index in [1.807, 2.05) is 25.1 Å². The average Bonchev–Trinajstić information content (AvgIpc) is 2.93. The minimum Gasteiger partial charge on any atom is -0.448 e. The van der Waals surface area contributed by atoms with Crippen LogP contribution in [0.3, 0.4) is 0 Å². The van der Waals surface area contributed by atoms with E-state index < -0.39 is 12.1 Å². The molecule has 0 bridgehead atoms. The number of esters is 1. The van der Waals surface area contributed by atoms with Crippen LogP contribution in [0.5, 0.6) is 0 Å². The number of para-hydroxylation sites is 1. The summed E-state index contributed by atoms with van der Waals surface area (Å²) >= 11 is 0. The van der Waals surface area contributed by atoms with Gasteiger partial charge >= 0.3 is 5.97 Å². The summed E-state index contributed by atoms with van der Waals surface area (Å²) < 4.78 is 7.39. The first-order valence-corrected chi connectivity index (χ1v) is 8.19. The normalized spacial score (nSPS) is 14.6. The Morgan fingerprint density at radius 3 is 2.75 bits per heavy atom. The molecule has 2 aromatic rings. The Balaban J connectivity index is 1.67. The molecule has 6 heteroatoms. The number of imidazole rings is 1. The summed E-state index contributed by atoms with van der Waals surface area (Å²) in [4.78, 5) is 28.9. The zero-order valence-electron chi connectivity index (χ0n) is 13.9. The van der Waals surface area contributed by atoms with Crippen molar-refractivity contribution in [2.24, 2.45) is 0 Å². The minimum atomic E-state index is -0.890. The van der Waals surface area contributed by atoms with E-state index in [0.717, 1.165) is 37.3 Å². The number of carbonyl (C=O) groups excluding carboxylic acids is 2. The van der Waals surface area contributed by atoms with Gasteiger partial charge in [-0.05, 0) is 45.2 Å². The van der Waals surface area contributed by atoms with Crippen molar-refractivity contribution in [3.05, 3.63) is 47.5 Å². The second kappa shape index (κ2) is 6.86. The number of benzene rings is 1. The quantitative estimate of drug-likeness (QED) is 0.876. The monoisotopic (exact) mass is 327 g/mol. The van der Waals surface area contributed by atoms with Gasteiger partial charge in [0.05, 0.1) is 5.69 Å². The molecular formula is C18H21N3O3. The van der Waals surface area contributed by atoms with Crippen molar-refractivity contribution in [3.8, 4) is 0 Å². The van der Waals surface area contributed by atoms with Gasteiger partial charge in [0, 0.05) is 12.2 Å². The summed E-state index contributed by atoms with van der Waals surface area (Å²) in [5.41, 5.74) is 1.92. The fourth-order valence-electron chi connectivity index (χ4n) is 2.92. The molecular weight excluding hydrogens is 306 g/mol. The third-order valence-corrected chi connectivity index (χ3v) is 4.20. The van der Waals surface area contributed by atoms with E-state index in [9.17, 15) is 9.59 Å². The van der Waals surface area contributed by atoms with Gasteiger partial charge in [0.25, 0.3) is 5.91 Å². The Labute approximate surface area is 140 Å². The van der Waals surface area contributed by atoms with Gasteiger partial charge in [-0.15, -0.1) is 0 Å². The van der Waals surface area contributed by atoms with Gasteiger partial charge in [-0.3, -0.25) is 4.79 Å². The van der Waals surface area contributed by atoms with Gasteiger partial charge < -0.3 is 14.6 Å². The van der Waals surface area contributed by atoms with E-state index in [1.54, 1.807) is 19.1 Å². The molecule has 1 atom stereocenters. The highest BCUT2D eigenvalue weighted by Crippen LogP contribution is 2.21. The molecule has 1 N–H and O–H groups in total. The Bertz CT molecular complexity index is 752. The molecule has 126 valence electrons. The first kappa shape index (κ1) is 16.2. The van der Waals surface area contributed by atoms with Crippen LogP contribution in [0.25, 0.3) is 0 Å². The van der Waals surface area contributed by atoms with Crippen molar-refractivity contribution in [3.63, 3.8) is 0 Å². The summed E-state index contributed by atoms with van der Waals surface area (Å²) in [6, 6.07) is 9.07. The number of aryl methyl sites for hydroxylation is 1. The molecule has 0 aliphatic carbocycles. The van der Waals surface area contributed by atoms with E-state index in [0.29, 0.717) is 11.4 Å². The molecule has 0 fully saturated rings. The third kappa shape index (κ3) is 3.32. The predicted octanol–water partition coefficient (Wildman–Crippen LogP) is 2.71. The van der Waals surface area contributed by atoms with Gasteiger partial charge in [-0.1, -0.05) is 18.2 Å². The summed E-state index contributed by atoms with van der Waals surface area (Å²) in [6.45, 7) is 4.33. The van der Waals surface area contributed by atoms with Crippen molar-refractivity contribution in [1.29, 1.82) is 0 Å². The van der Waals surface area contributed by atoms with Gasteiger partial charge in [0.1, 0.15) is 5.82 Å². The van der Waals surface area contributed by atoms with Crippen molar-refractivity contribution in [1.82, 2.24) is 9.55 Å². The maximum atomic E-state index is 12.4. The van der Waals surface area contributed by atoms with Crippen LogP contribution in [0.2, 0.25) is 0 Å². The number of nitrogens with zero attached hydrogens (tertiary/aromatic N) is 2. The second-order valence-electron chi connectivity index (χ2n) is 5.97. The number of carbonyl (C=O) groups is 2. The minimum absolute atomic E-state index is 0.339. The molecule has 6 nitrogen and oxygen atoms in total. The molecule has 0 saturated carbocycles. The molecule has 0 saturated heterocycles. The number of ether oxygens (including phenoxy) is 1. The highest BCUT2D eigenvalue weighted by atomic mass is 16.5. The van der Waals surface area contributed by atoms with Gasteiger partial charge in [-0.2, -0.15) is 0 Å². The Hall–Kier alpha value is -2.63. The van der Waals surface area contributed by atoms with Crippen molar-refractivity contribution in [2.75, 3.05) is 5.32 Å². The van der Waals surface area contributed by atoms with E-state index >= 15 is 0 Å². The van der Waals surface area contributed by atoms with Gasteiger partial charge in [0.15, 0.2) is 11.8 Å². The summed E-state index contributed by atoms with van der Waals surface area (Å²) in [7, 11) is 0. The number of amides is 1. The molecule has 1 aliphatic rings. The highest BCUT2D eigenvalue weighted by Gasteiger charge is 2.26. The fraction of sp³-hybridized carbons (Fsp3) is 0.389. The van der Waals surface area contributed by atoms with Crippen LogP contribution in [0.4, 0.5) is 5.69 Å². The fourth-order valence-corrected chi connectivity index (χ4v) is 2.92. The molecule has 24 heavy (non-hydrogen) atoms. The van der Waals surface area contributed by atoms with Crippen molar-refractivity contribution < 1.29 is 14.3 Å². The number of hydrogen-bond acceptors (Lipinski definition) is 4. The largest absolute Gasteiger partial charge is 0.448 e. The lowest BCUT2D eigenvalue weighted by Crippen LogP contribution is -2.30. The lowest BCUT2D eigenvalue weighted by molar-refractivity contribution is -0.123. The van der Waals surface area contributed by atoms with E-state index in [-0.39, 0.29) is 5.91 Å². The van der Waals surface area contributed by atoms with Gasteiger partial charge in [-0.25, -0.2) is 9.78 Å². The van der Waals surface area contributed by atoms with Crippen LogP contribution >= 0.6 is 0 Å². The molecule has 0 radical (unpaired) electrons. The van der Waals surface area contributed by atoms with Crippen LogP contribution in [0.15, 0.2) is 30.3 Å². The summed E-state index contributed by atoms with van der Waals surface area (Å²) in [5.74, 6) is -0.0816. The lowest BCUT2D eigenvalue weighted by atomic mass is 10.1. The number of rotatable bonds is 4. The van der Waals surface area contributed by atoms with Crippen LogP contribution in [0.1, 0.15) is 41.8 Å². The number of anilines is 1. The topological polar surface area (TPSA) is 73.2 Å². The molecule has 3 rings (SSSR count). The highest BCUT2D eigenvalue weighted by molar-refractivity contribution is 5.97. The Kier molecular flexibility index (Phi) is 4.64. The summed E-state index contributed by atoms with van der Waals surface area (Å²) in [6.07, 6.45) is 2.05. The number of hydrogen-bond donors (Lipinski definition) is 1. The first-order chi connectivity index (χ1) is 11.6. The van der Waals surface area contributed by atoms with Crippen LogP contribution in [-0.2, 0) is 22.5 Å². The maximum Gasteiger partial charge on any atom is 0.359 e. The first-order valence-electron chi connectivity index (χ1n) is 8.19. The van der Waals surface area contributed by atoms with Crippen molar-refractivity contribution in [2.45, 2.75) is 45.8 Å². The Morgan fingerprint density at radius 1 is 1.25 bits per heavy atom. The number of fused-ring (bicyclic) bond motifs is 1. The lowest BCUT2D eigenvalue weighted by Gasteiger charge is -2.17. The smallest absolute Gasteiger partial charge is 0.359 e. The second-order valence-corrected chi connectivity index (χ2v) is 5.97. The van der Waals surface area contributed by atoms with Crippen LogP contribution < -0.4 is 5.32 Å². The third-order valence-electron chi connectivity index (χ3n) is 4.20. The van der Waals surface area contributed by atoms with E-state index in [2.05, 4.69) is 14.9 Å². The van der Waals surface area contributed by atoms with Crippen LogP contribution in [0, 0.1) is 6.92 Å². The standard InChI is InChI=1S/C18H21N3O3/c1-12(17(22)20-14-8-4-3-5-9-14)24-18(23)16-15-10-6-7-11-21(15)13(2)19-16/h3-5,8-9,12H,6-7,10-11H2,1-2H3,(H,20,22). The number of aromatic nitrogens is 2. The predicted molar refractivity (Wildman–Crippen MR) is 89.9 cm³/mol. The zero-order valence-corrected chi connectivity index (χ0v) is 13.9. The molecule has 1 aromatic heterocycles. The average molecular weight is 327 g/mol. The number of nitrogens with one attached hydrogen (secondary N) is 1. The molecule has 1 amide bonds.